The van der Waals surface area contributed by atoms with Gasteiger partial charge in [-0.05, 0) is 30.7 Å². The van der Waals surface area contributed by atoms with Gasteiger partial charge in [-0.1, -0.05) is 41.0 Å². The number of rotatable bonds is 4. The molecule has 0 amide bonds. The van der Waals surface area contributed by atoms with E-state index in [9.17, 15) is 0 Å². The number of hydrogen-bond donors (Lipinski definition) is 0. The summed E-state index contributed by atoms with van der Waals surface area (Å²) in [7, 11) is 0. The highest BCUT2D eigenvalue weighted by atomic mass is 35.5. The van der Waals surface area contributed by atoms with Gasteiger partial charge in [0.1, 0.15) is 5.76 Å². The van der Waals surface area contributed by atoms with Gasteiger partial charge in [-0.2, -0.15) is 0 Å². The summed E-state index contributed by atoms with van der Waals surface area (Å²) < 4.78 is 5.48. The van der Waals surface area contributed by atoms with E-state index in [0.29, 0.717) is 23.1 Å². The average Bonchev–Trinajstić information content (AvgIpc) is 3.04. The van der Waals surface area contributed by atoms with Crippen molar-refractivity contribution >= 4 is 40.1 Å². The lowest BCUT2D eigenvalue weighted by molar-refractivity contribution is 0.360. The third-order valence-corrected chi connectivity index (χ3v) is 5.24. The van der Waals surface area contributed by atoms with Crippen LogP contribution in [-0.2, 0) is 13.1 Å². The Labute approximate surface area is 144 Å². The minimum absolute atomic E-state index is 0.616. The predicted molar refractivity (Wildman–Crippen MR) is 93.8 cm³/mol. The Morgan fingerprint density at radius 2 is 1.95 bits per heavy atom. The van der Waals surface area contributed by atoms with Gasteiger partial charge in [-0.15, -0.1) is 0 Å². The second-order valence-corrected chi connectivity index (χ2v) is 6.88. The maximum atomic E-state index is 6.31. The van der Waals surface area contributed by atoms with Crippen molar-refractivity contribution in [3.63, 3.8) is 0 Å². The minimum atomic E-state index is 0.616. The molecule has 0 saturated carbocycles. The molecule has 3 rings (SSSR count). The van der Waals surface area contributed by atoms with Crippen LogP contribution in [0.5, 0.6) is 0 Å². The summed E-state index contributed by atoms with van der Waals surface area (Å²) in [6.45, 7) is 2.14. The topological polar surface area (TPSA) is 28.7 Å². The van der Waals surface area contributed by atoms with E-state index in [1.807, 2.05) is 30.3 Å². The molecule has 1 aliphatic heterocycles. The highest BCUT2D eigenvalue weighted by Gasteiger charge is 2.19. The van der Waals surface area contributed by atoms with Gasteiger partial charge in [0.15, 0.2) is 5.17 Å². The Bertz CT molecular complexity index is 638. The van der Waals surface area contributed by atoms with Gasteiger partial charge < -0.3 is 9.32 Å². The third kappa shape index (κ3) is 3.80. The first-order valence-electron chi connectivity index (χ1n) is 7.11. The van der Waals surface area contributed by atoms with Crippen molar-refractivity contribution in [1.29, 1.82) is 0 Å². The maximum absolute atomic E-state index is 6.31. The fraction of sp³-hybridized carbons (Fsp3) is 0.312. The van der Waals surface area contributed by atoms with Gasteiger partial charge >= 0.3 is 0 Å². The zero-order valence-electron chi connectivity index (χ0n) is 12.0. The van der Waals surface area contributed by atoms with E-state index in [2.05, 4.69) is 9.89 Å². The van der Waals surface area contributed by atoms with Crippen molar-refractivity contribution in [1.82, 2.24) is 4.90 Å². The summed E-state index contributed by atoms with van der Waals surface area (Å²) >= 11 is 14.4. The van der Waals surface area contributed by atoms with Crippen LogP contribution in [0, 0.1) is 0 Å². The van der Waals surface area contributed by atoms with Crippen LogP contribution >= 0.6 is 35.0 Å². The molecule has 0 saturated heterocycles. The van der Waals surface area contributed by atoms with Crippen molar-refractivity contribution in [3.05, 3.63) is 58.0 Å². The molecule has 6 heteroatoms. The van der Waals surface area contributed by atoms with E-state index in [0.717, 1.165) is 35.2 Å². The summed E-state index contributed by atoms with van der Waals surface area (Å²) in [5.74, 6) is 1.99. The summed E-state index contributed by atoms with van der Waals surface area (Å²) in [5, 5.41) is 2.38. The Kier molecular flexibility index (Phi) is 5.34. The molecule has 22 heavy (non-hydrogen) atoms. The highest BCUT2D eigenvalue weighted by Crippen LogP contribution is 2.28. The molecule has 2 heterocycles. The second kappa shape index (κ2) is 7.44. The Morgan fingerprint density at radius 3 is 2.59 bits per heavy atom. The molecule has 116 valence electrons. The average molecular weight is 355 g/mol. The number of thioether (sulfide) groups is 1. The molecule has 1 aromatic carbocycles. The van der Waals surface area contributed by atoms with E-state index in [1.54, 1.807) is 18.0 Å². The molecule has 0 spiro atoms. The summed E-state index contributed by atoms with van der Waals surface area (Å²) in [5.41, 5.74) is 0.922. The molecule has 2 aromatic rings. The van der Waals surface area contributed by atoms with E-state index in [-0.39, 0.29) is 0 Å². The van der Waals surface area contributed by atoms with E-state index >= 15 is 0 Å². The lowest BCUT2D eigenvalue weighted by atomic mass is 10.2. The van der Waals surface area contributed by atoms with Crippen molar-refractivity contribution < 1.29 is 4.42 Å². The van der Waals surface area contributed by atoms with Gasteiger partial charge in [-0.3, -0.25) is 4.99 Å². The zero-order valence-corrected chi connectivity index (χ0v) is 14.3. The van der Waals surface area contributed by atoms with Gasteiger partial charge in [0, 0.05) is 34.5 Å². The minimum Gasteiger partial charge on any atom is -0.467 e. The van der Waals surface area contributed by atoms with Gasteiger partial charge in [0.2, 0.25) is 0 Å². The van der Waals surface area contributed by atoms with Crippen LogP contribution in [0.3, 0.4) is 0 Å². The molecule has 0 bridgehead atoms. The molecule has 3 nitrogen and oxygen atoms in total. The molecular weight excluding hydrogens is 339 g/mol. The number of aliphatic imine (C=N–C) groups is 1. The van der Waals surface area contributed by atoms with Gasteiger partial charge in [0.25, 0.3) is 0 Å². The van der Waals surface area contributed by atoms with Crippen LogP contribution in [0.4, 0.5) is 0 Å². The quantitative estimate of drug-likeness (QED) is 0.766. The molecule has 0 fully saturated rings. The van der Waals surface area contributed by atoms with Crippen molar-refractivity contribution in [3.8, 4) is 0 Å². The van der Waals surface area contributed by atoms with Crippen molar-refractivity contribution in [2.45, 2.75) is 19.5 Å². The number of hydrogen-bond acceptors (Lipinski definition) is 4. The fourth-order valence-corrected chi connectivity index (χ4v) is 3.76. The summed E-state index contributed by atoms with van der Waals surface area (Å²) in [6.07, 6.45) is 2.81. The van der Waals surface area contributed by atoms with Crippen LogP contribution in [0.1, 0.15) is 17.7 Å². The second-order valence-electron chi connectivity index (χ2n) is 5.00. The van der Waals surface area contributed by atoms with Crippen LogP contribution in [0.2, 0.25) is 10.0 Å². The monoisotopic (exact) mass is 354 g/mol. The highest BCUT2D eigenvalue weighted by molar-refractivity contribution is 8.13. The van der Waals surface area contributed by atoms with E-state index in [4.69, 9.17) is 27.6 Å². The smallest absolute Gasteiger partial charge is 0.159 e. The molecule has 0 atom stereocenters. The first-order valence-corrected chi connectivity index (χ1v) is 8.85. The van der Waals surface area contributed by atoms with Crippen molar-refractivity contribution in [2.75, 3.05) is 12.3 Å². The maximum Gasteiger partial charge on any atom is 0.159 e. The normalized spacial score (nSPS) is 14.7. The number of furan rings is 1. The SMILES string of the molecule is Clc1cccc(Cl)c1CN(Cc1ccco1)C1=NCCCS1. The molecule has 0 aliphatic carbocycles. The predicted octanol–water partition coefficient (Wildman–Crippen LogP) is 5.08. The first kappa shape index (κ1) is 15.8. The van der Waals surface area contributed by atoms with Gasteiger partial charge in [-0.25, -0.2) is 0 Å². The van der Waals surface area contributed by atoms with Crippen LogP contribution in [0.25, 0.3) is 0 Å². The molecule has 1 aliphatic rings. The summed E-state index contributed by atoms with van der Waals surface area (Å²) in [6, 6.07) is 9.45. The fourth-order valence-electron chi connectivity index (χ4n) is 2.30. The van der Waals surface area contributed by atoms with Gasteiger partial charge in [0.05, 0.1) is 12.8 Å². The van der Waals surface area contributed by atoms with Crippen LogP contribution in [-0.4, -0.2) is 22.4 Å². The lowest BCUT2D eigenvalue weighted by Gasteiger charge is -2.27. The number of nitrogens with zero attached hydrogens (tertiary/aromatic N) is 2. The lowest BCUT2D eigenvalue weighted by Crippen LogP contribution is -2.30. The summed E-state index contributed by atoms with van der Waals surface area (Å²) in [4.78, 5) is 6.82. The largest absolute Gasteiger partial charge is 0.467 e. The molecule has 0 unspecified atom stereocenters. The number of benzene rings is 1. The number of amidine groups is 1. The van der Waals surface area contributed by atoms with Crippen LogP contribution in [0.15, 0.2) is 46.0 Å². The standard InChI is InChI=1S/C16H16Cl2N2OS/c17-14-5-1-6-15(18)13(14)11-20(10-12-4-2-8-21-12)16-19-7-3-9-22-16/h1-2,4-6,8H,3,7,9-11H2. The molecule has 0 radical (unpaired) electrons. The van der Waals surface area contributed by atoms with E-state index in [1.165, 1.54) is 0 Å². The molecule has 0 N–H and O–H groups in total. The Morgan fingerprint density at radius 1 is 1.14 bits per heavy atom. The third-order valence-electron chi connectivity index (χ3n) is 3.39. The van der Waals surface area contributed by atoms with E-state index < -0.39 is 0 Å². The van der Waals surface area contributed by atoms with Crippen molar-refractivity contribution in [2.24, 2.45) is 4.99 Å². The Hall–Kier alpha value is -1.10. The molecule has 1 aromatic heterocycles. The zero-order chi connectivity index (χ0) is 15.4. The van der Waals surface area contributed by atoms with Crippen LogP contribution < -0.4 is 0 Å². The Balaban J connectivity index is 1.86. The number of halogens is 2. The first-order chi connectivity index (χ1) is 10.7. The molecular formula is C16H16Cl2N2OS.